The van der Waals surface area contributed by atoms with E-state index in [0.717, 1.165) is 30.0 Å². The molecule has 2 aromatic rings. The van der Waals surface area contributed by atoms with Crippen LogP contribution in [0.3, 0.4) is 0 Å². The Hall–Kier alpha value is -2.42. The van der Waals surface area contributed by atoms with Gasteiger partial charge in [-0.2, -0.15) is 13.2 Å². The van der Waals surface area contributed by atoms with E-state index >= 15 is 0 Å². The lowest BCUT2D eigenvalue weighted by molar-refractivity contribution is -0.137. The fourth-order valence-electron chi connectivity index (χ4n) is 3.68. The van der Waals surface area contributed by atoms with Crippen molar-refractivity contribution in [2.24, 2.45) is 0 Å². The Morgan fingerprint density at radius 3 is 2.73 bits per heavy atom. The molecule has 1 N–H and O–H groups in total. The number of hydrogen-bond donors (Lipinski definition) is 1. The van der Waals surface area contributed by atoms with Gasteiger partial charge in [-0.1, -0.05) is 17.3 Å². The number of amides is 1. The first-order valence-electron chi connectivity index (χ1n) is 8.56. The van der Waals surface area contributed by atoms with Crippen LogP contribution >= 0.6 is 0 Å². The van der Waals surface area contributed by atoms with Gasteiger partial charge in [-0.15, -0.1) is 5.10 Å². The number of nitrogens with one attached hydrogen (secondary N) is 1. The highest BCUT2D eigenvalue weighted by Gasteiger charge is 2.35. The highest BCUT2D eigenvalue weighted by molar-refractivity contribution is 5.92. The van der Waals surface area contributed by atoms with Gasteiger partial charge in [0.25, 0.3) is 5.91 Å². The van der Waals surface area contributed by atoms with Crippen molar-refractivity contribution in [3.63, 3.8) is 0 Å². The minimum atomic E-state index is -4.51. The zero-order valence-corrected chi connectivity index (χ0v) is 13.9. The first-order chi connectivity index (χ1) is 12.4. The number of para-hydroxylation sites is 1. The van der Waals surface area contributed by atoms with Crippen molar-refractivity contribution in [2.45, 2.75) is 37.5 Å². The van der Waals surface area contributed by atoms with E-state index in [-0.39, 0.29) is 23.3 Å². The topological polar surface area (TPSA) is 63.1 Å². The van der Waals surface area contributed by atoms with Gasteiger partial charge < -0.3 is 10.2 Å². The maximum Gasteiger partial charge on any atom is 0.418 e. The zero-order chi connectivity index (χ0) is 18.3. The van der Waals surface area contributed by atoms with E-state index in [1.54, 1.807) is 4.90 Å². The van der Waals surface area contributed by atoms with E-state index in [0.29, 0.717) is 19.1 Å². The average molecular weight is 365 g/mol. The number of carbonyl (C=O) groups is 1. The molecule has 9 heteroatoms. The van der Waals surface area contributed by atoms with Crippen LogP contribution in [0.15, 0.2) is 30.5 Å². The average Bonchev–Trinajstić information content (AvgIpc) is 3.20. The number of fused-ring (bicyclic) bond motifs is 2. The summed E-state index contributed by atoms with van der Waals surface area (Å²) >= 11 is 0. The molecule has 2 atom stereocenters. The largest absolute Gasteiger partial charge is 0.418 e. The van der Waals surface area contributed by atoms with Crippen LogP contribution < -0.4 is 5.32 Å². The highest BCUT2D eigenvalue weighted by atomic mass is 19.4. The highest BCUT2D eigenvalue weighted by Crippen LogP contribution is 2.33. The van der Waals surface area contributed by atoms with Gasteiger partial charge in [0.15, 0.2) is 5.69 Å². The smallest absolute Gasteiger partial charge is 0.336 e. The molecule has 4 rings (SSSR count). The third kappa shape index (κ3) is 3.18. The molecule has 2 fully saturated rings. The summed E-state index contributed by atoms with van der Waals surface area (Å²) in [5.74, 6) is -0.296. The second-order valence-corrected chi connectivity index (χ2v) is 6.74. The van der Waals surface area contributed by atoms with Crippen molar-refractivity contribution in [1.29, 1.82) is 0 Å². The fourth-order valence-corrected chi connectivity index (χ4v) is 3.68. The van der Waals surface area contributed by atoms with Gasteiger partial charge in [0, 0.05) is 25.2 Å². The molecule has 2 bridgehead atoms. The van der Waals surface area contributed by atoms with E-state index in [1.165, 1.54) is 24.4 Å². The monoisotopic (exact) mass is 365 g/mol. The minimum Gasteiger partial charge on any atom is -0.336 e. The molecule has 138 valence electrons. The number of aromatic nitrogens is 3. The standard InChI is InChI=1S/C17H18F3N5O/c18-17(19,20)13-3-1-2-4-15(13)25-10-14(22-23-25)16(26)24-8-7-11-5-6-12(9-24)21-11/h1-4,10-12,21H,5-9H2. The van der Waals surface area contributed by atoms with Crippen LogP contribution in [0.25, 0.3) is 5.69 Å². The number of alkyl halides is 3. The second kappa shape index (κ2) is 6.39. The predicted octanol–water partition coefficient (Wildman–Crippen LogP) is 2.25. The molecule has 0 saturated carbocycles. The Morgan fingerprint density at radius 2 is 1.92 bits per heavy atom. The molecule has 0 spiro atoms. The first-order valence-corrected chi connectivity index (χ1v) is 8.56. The molecule has 1 aromatic carbocycles. The number of rotatable bonds is 2. The summed E-state index contributed by atoms with van der Waals surface area (Å²) in [6, 6.07) is 5.80. The third-order valence-electron chi connectivity index (χ3n) is 4.98. The fraction of sp³-hybridized carbons (Fsp3) is 0.471. The Balaban J connectivity index is 1.58. The summed E-state index contributed by atoms with van der Waals surface area (Å²) in [7, 11) is 0. The van der Waals surface area contributed by atoms with Crippen LogP contribution in [0, 0.1) is 0 Å². The van der Waals surface area contributed by atoms with E-state index in [1.807, 2.05) is 0 Å². The Labute approximate surface area is 148 Å². The molecule has 1 amide bonds. The van der Waals surface area contributed by atoms with Crippen LogP contribution in [0.5, 0.6) is 0 Å². The minimum absolute atomic E-state index is 0.0553. The number of carbonyl (C=O) groups excluding carboxylic acids is 1. The lowest BCUT2D eigenvalue weighted by atomic mass is 10.1. The Kier molecular flexibility index (Phi) is 4.18. The maximum atomic E-state index is 13.2. The van der Waals surface area contributed by atoms with Gasteiger partial charge in [-0.05, 0) is 31.4 Å². The van der Waals surface area contributed by atoms with E-state index in [9.17, 15) is 18.0 Å². The van der Waals surface area contributed by atoms with Crippen LogP contribution in [0.2, 0.25) is 0 Å². The summed E-state index contributed by atoms with van der Waals surface area (Å²) in [6.07, 6.45) is -0.226. The maximum absolute atomic E-state index is 13.2. The molecule has 2 saturated heterocycles. The van der Waals surface area contributed by atoms with E-state index in [2.05, 4.69) is 15.6 Å². The molecule has 3 heterocycles. The summed E-state index contributed by atoms with van der Waals surface area (Å²) in [6.45, 7) is 1.19. The number of nitrogens with zero attached hydrogens (tertiary/aromatic N) is 4. The normalized spacial score (nSPS) is 23.1. The quantitative estimate of drug-likeness (QED) is 0.887. The summed E-state index contributed by atoms with van der Waals surface area (Å²) < 4.78 is 40.5. The van der Waals surface area contributed by atoms with Crippen molar-refractivity contribution in [1.82, 2.24) is 25.2 Å². The number of halogens is 3. The molecular formula is C17H18F3N5O. The van der Waals surface area contributed by atoms with Gasteiger partial charge >= 0.3 is 6.18 Å². The molecule has 0 radical (unpaired) electrons. The van der Waals surface area contributed by atoms with Crippen LogP contribution in [0.1, 0.15) is 35.3 Å². The lowest BCUT2D eigenvalue weighted by Gasteiger charge is -2.23. The molecule has 2 aliphatic heterocycles. The molecule has 26 heavy (non-hydrogen) atoms. The van der Waals surface area contributed by atoms with Gasteiger partial charge in [-0.3, -0.25) is 4.79 Å². The summed E-state index contributed by atoms with van der Waals surface area (Å²) in [4.78, 5) is 14.4. The zero-order valence-electron chi connectivity index (χ0n) is 13.9. The molecule has 1 aromatic heterocycles. The molecule has 2 aliphatic rings. The Bertz CT molecular complexity index is 819. The molecule has 2 unspecified atom stereocenters. The SMILES string of the molecule is O=C(c1cn(-c2ccccc2C(F)(F)F)nn1)N1CCC2CCC(C1)N2. The molecule has 6 nitrogen and oxygen atoms in total. The summed E-state index contributed by atoms with van der Waals surface area (Å²) in [5.41, 5.74) is -0.914. The van der Waals surface area contributed by atoms with Gasteiger partial charge in [0.05, 0.1) is 17.4 Å². The van der Waals surface area contributed by atoms with Crippen molar-refractivity contribution in [3.05, 3.63) is 41.7 Å². The van der Waals surface area contributed by atoms with Crippen LogP contribution in [-0.4, -0.2) is 51.0 Å². The molecule has 0 aliphatic carbocycles. The lowest BCUT2D eigenvalue weighted by Crippen LogP contribution is -2.39. The van der Waals surface area contributed by atoms with Crippen molar-refractivity contribution < 1.29 is 18.0 Å². The Morgan fingerprint density at radius 1 is 1.15 bits per heavy atom. The second-order valence-electron chi connectivity index (χ2n) is 6.74. The van der Waals surface area contributed by atoms with Crippen molar-refractivity contribution in [2.75, 3.05) is 13.1 Å². The first kappa shape index (κ1) is 17.0. The van der Waals surface area contributed by atoms with Gasteiger partial charge in [-0.25, -0.2) is 4.68 Å². The third-order valence-corrected chi connectivity index (χ3v) is 4.98. The van der Waals surface area contributed by atoms with Crippen LogP contribution in [-0.2, 0) is 6.18 Å². The van der Waals surface area contributed by atoms with E-state index in [4.69, 9.17) is 0 Å². The molecular weight excluding hydrogens is 347 g/mol. The van der Waals surface area contributed by atoms with Crippen LogP contribution in [0.4, 0.5) is 13.2 Å². The number of benzene rings is 1. The van der Waals surface area contributed by atoms with Crippen molar-refractivity contribution >= 4 is 5.91 Å². The van der Waals surface area contributed by atoms with E-state index < -0.39 is 11.7 Å². The van der Waals surface area contributed by atoms with Crippen molar-refractivity contribution in [3.8, 4) is 5.69 Å². The van der Waals surface area contributed by atoms with Gasteiger partial charge in [0.1, 0.15) is 0 Å². The van der Waals surface area contributed by atoms with Gasteiger partial charge in [0.2, 0.25) is 0 Å². The number of hydrogen-bond acceptors (Lipinski definition) is 4. The predicted molar refractivity (Wildman–Crippen MR) is 86.8 cm³/mol. The summed E-state index contributed by atoms with van der Waals surface area (Å²) in [5, 5.41) is 11.1. The number of likely N-dealkylation sites (tertiary alicyclic amines) is 1.